The van der Waals surface area contributed by atoms with E-state index in [9.17, 15) is 0 Å². The standard InChI is InChI=1S/C15H21BrO/c1-15(2)9-7-14(8-10-15)17-11-12-3-5-13(16)6-4-12/h3-6,14H,7-11H2,1-2H3. The molecular weight excluding hydrogens is 276 g/mol. The smallest absolute Gasteiger partial charge is 0.0720 e. The monoisotopic (exact) mass is 296 g/mol. The molecule has 1 aromatic rings. The Bertz CT molecular complexity index is 346. The maximum Gasteiger partial charge on any atom is 0.0720 e. The predicted octanol–water partition coefficient (Wildman–Crippen LogP) is 4.93. The number of ether oxygens (including phenoxy) is 1. The minimum absolute atomic E-state index is 0.465. The summed E-state index contributed by atoms with van der Waals surface area (Å²) in [6.07, 6.45) is 5.47. The van der Waals surface area contributed by atoms with Gasteiger partial charge in [-0.25, -0.2) is 0 Å². The van der Waals surface area contributed by atoms with E-state index in [2.05, 4.69) is 54.0 Å². The molecule has 0 aliphatic heterocycles. The number of halogens is 1. The zero-order chi connectivity index (χ0) is 12.3. The molecule has 0 saturated heterocycles. The van der Waals surface area contributed by atoms with E-state index in [0.29, 0.717) is 11.5 Å². The molecule has 0 atom stereocenters. The predicted molar refractivity (Wildman–Crippen MR) is 75.0 cm³/mol. The first-order valence-electron chi connectivity index (χ1n) is 6.41. The fourth-order valence-electron chi connectivity index (χ4n) is 2.33. The van der Waals surface area contributed by atoms with Crippen molar-refractivity contribution >= 4 is 15.9 Å². The molecule has 1 aromatic carbocycles. The topological polar surface area (TPSA) is 9.23 Å². The van der Waals surface area contributed by atoms with Crippen LogP contribution >= 0.6 is 15.9 Å². The zero-order valence-corrected chi connectivity index (χ0v) is 12.3. The number of hydrogen-bond donors (Lipinski definition) is 0. The fraction of sp³-hybridized carbons (Fsp3) is 0.600. The normalized spacial score (nSPS) is 20.4. The van der Waals surface area contributed by atoms with Crippen molar-refractivity contribution in [2.75, 3.05) is 0 Å². The highest BCUT2D eigenvalue weighted by Crippen LogP contribution is 2.36. The first-order chi connectivity index (χ1) is 8.05. The lowest BCUT2D eigenvalue weighted by molar-refractivity contribution is -0.00558. The lowest BCUT2D eigenvalue weighted by Crippen LogP contribution is -2.26. The van der Waals surface area contributed by atoms with E-state index in [-0.39, 0.29) is 0 Å². The van der Waals surface area contributed by atoms with Gasteiger partial charge in [0, 0.05) is 4.47 Å². The lowest BCUT2D eigenvalue weighted by Gasteiger charge is -2.34. The Hall–Kier alpha value is -0.340. The van der Waals surface area contributed by atoms with Gasteiger partial charge in [-0.1, -0.05) is 41.9 Å². The summed E-state index contributed by atoms with van der Waals surface area (Å²) in [5, 5.41) is 0. The minimum atomic E-state index is 0.465. The Morgan fingerprint density at radius 3 is 2.35 bits per heavy atom. The summed E-state index contributed by atoms with van der Waals surface area (Å²) in [4.78, 5) is 0. The molecule has 94 valence electrons. The molecule has 0 spiro atoms. The van der Waals surface area contributed by atoms with Gasteiger partial charge in [-0.05, 0) is 48.8 Å². The molecule has 17 heavy (non-hydrogen) atoms. The van der Waals surface area contributed by atoms with Crippen LogP contribution in [0.1, 0.15) is 45.1 Å². The Labute approximate surface area is 113 Å². The van der Waals surface area contributed by atoms with Crippen LogP contribution in [-0.2, 0) is 11.3 Å². The van der Waals surface area contributed by atoms with Gasteiger partial charge in [-0.3, -0.25) is 0 Å². The molecule has 2 rings (SSSR count). The molecule has 0 amide bonds. The maximum atomic E-state index is 5.99. The first kappa shape index (κ1) is 13.1. The molecule has 1 nitrogen and oxygen atoms in total. The van der Waals surface area contributed by atoms with Crippen molar-refractivity contribution in [2.45, 2.75) is 52.2 Å². The largest absolute Gasteiger partial charge is 0.374 e. The lowest BCUT2D eigenvalue weighted by atomic mass is 9.76. The van der Waals surface area contributed by atoms with Gasteiger partial charge in [0.05, 0.1) is 12.7 Å². The van der Waals surface area contributed by atoms with Crippen LogP contribution in [0.15, 0.2) is 28.7 Å². The number of benzene rings is 1. The van der Waals surface area contributed by atoms with Crippen LogP contribution < -0.4 is 0 Å². The molecule has 0 aromatic heterocycles. The number of hydrogen-bond acceptors (Lipinski definition) is 1. The van der Waals surface area contributed by atoms with E-state index < -0.39 is 0 Å². The highest BCUT2D eigenvalue weighted by Gasteiger charge is 2.26. The van der Waals surface area contributed by atoms with Gasteiger partial charge in [0.25, 0.3) is 0 Å². The molecule has 1 aliphatic carbocycles. The molecule has 0 N–H and O–H groups in total. The minimum Gasteiger partial charge on any atom is -0.374 e. The third kappa shape index (κ3) is 4.11. The Morgan fingerprint density at radius 2 is 1.76 bits per heavy atom. The van der Waals surface area contributed by atoms with E-state index in [1.54, 1.807) is 0 Å². The van der Waals surface area contributed by atoms with Crippen molar-refractivity contribution in [1.82, 2.24) is 0 Å². The van der Waals surface area contributed by atoms with Gasteiger partial charge in [0.2, 0.25) is 0 Å². The van der Waals surface area contributed by atoms with Gasteiger partial charge in [0.1, 0.15) is 0 Å². The van der Waals surface area contributed by atoms with Gasteiger partial charge in [0.15, 0.2) is 0 Å². The molecule has 1 aliphatic rings. The average Bonchev–Trinajstić information content (AvgIpc) is 2.30. The summed E-state index contributed by atoms with van der Waals surface area (Å²) in [7, 11) is 0. The van der Waals surface area contributed by atoms with Gasteiger partial charge in [-0.2, -0.15) is 0 Å². The second-order valence-electron chi connectivity index (χ2n) is 5.80. The molecule has 0 radical (unpaired) electrons. The van der Waals surface area contributed by atoms with E-state index in [0.717, 1.165) is 11.1 Å². The average molecular weight is 297 g/mol. The van der Waals surface area contributed by atoms with Crippen LogP contribution in [-0.4, -0.2) is 6.10 Å². The summed E-state index contributed by atoms with van der Waals surface area (Å²) in [6, 6.07) is 8.39. The molecule has 0 unspecified atom stereocenters. The van der Waals surface area contributed by atoms with Gasteiger partial charge in [-0.15, -0.1) is 0 Å². The van der Waals surface area contributed by atoms with Gasteiger partial charge >= 0.3 is 0 Å². The fourth-order valence-corrected chi connectivity index (χ4v) is 2.60. The Morgan fingerprint density at radius 1 is 1.18 bits per heavy atom. The third-order valence-electron chi connectivity index (χ3n) is 3.69. The van der Waals surface area contributed by atoms with Crippen molar-refractivity contribution in [1.29, 1.82) is 0 Å². The van der Waals surface area contributed by atoms with Crippen molar-refractivity contribution in [2.24, 2.45) is 5.41 Å². The van der Waals surface area contributed by atoms with E-state index in [1.807, 2.05) is 0 Å². The first-order valence-corrected chi connectivity index (χ1v) is 7.20. The quantitative estimate of drug-likeness (QED) is 0.768. The van der Waals surface area contributed by atoms with Crippen molar-refractivity contribution < 1.29 is 4.74 Å². The van der Waals surface area contributed by atoms with Crippen LogP contribution in [0.4, 0.5) is 0 Å². The summed E-state index contributed by atoms with van der Waals surface area (Å²) in [5.74, 6) is 0. The SMILES string of the molecule is CC1(C)CCC(OCc2ccc(Br)cc2)CC1. The van der Waals surface area contributed by atoms with E-state index >= 15 is 0 Å². The Balaban J connectivity index is 1.78. The Kier molecular flexibility index (Phi) is 4.26. The van der Waals surface area contributed by atoms with E-state index in [1.165, 1.54) is 31.2 Å². The molecular formula is C15H21BrO. The zero-order valence-electron chi connectivity index (χ0n) is 10.7. The van der Waals surface area contributed by atoms with Crippen molar-refractivity contribution in [3.63, 3.8) is 0 Å². The molecule has 0 heterocycles. The van der Waals surface area contributed by atoms with Crippen LogP contribution in [0.2, 0.25) is 0 Å². The van der Waals surface area contributed by atoms with Crippen LogP contribution in [0, 0.1) is 5.41 Å². The maximum absolute atomic E-state index is 5.99. The van der Waals surface area contributed by atoms with E-state index in [4.69, 9.17) is 4.74 Å². The second kappa shape index (κ2) is 5.53. The van der Waals surface area contributed by atoms with Crippen molar-refractivity contribution in [3.05, 3.63) is 34.3 Å². The summed E-state index contributed by atoms with van der Waals surface area (Å²) >= 11 is 3.44. The van der Waals surface area contributed by atoms with Crippen molar-refractivity contribution in [3.8, 4) is 0 Å². The molecule has 1 saturated carbocycles. The van der Waals surface area contributed by atoms with Crippen LogP contribution in [0.25, 0.3) is 0 Å². The molecule has 0 bridgehead atoms. The third-order valence-corrected chi connectivity index (χ3v) is 4.21. The number of rotatable bonds is 3. The summed E-state index contributed by atoms with van der Waals surface area (Å²) in [5.41, 5.74) is 1.79. The summed E-state index contributed by atoms with van der Waals surface area (Å²) < 4.78 is 7.11. The molecule has 1 fully saturated rings. The highest BCUT2D eigenvalue weighted by molar-refractivity contribution is 9.10. The summed E-state index contributed by atoms with van der Waals surface area (Å²) in [6.45, 7) is 5.47. The second-order valence-corrected chi connectivity index (χ2v) is 6.72. The highest BCUT2D eigenvalue weighted by atomic mass is 79.9. The van der Waals surface area contributed by atoms with Crippen LogP contribution in [0.3, 0.4) is 0 Å². The van der Waals surface area contributed by atoms with Crippen LogP contribution in [0.5, 0.6) is 0 Å². The molecule has 2 heteroatoms. The van der Waals surface area contributed by atoms with Gasteiger partial charge < -0.3 is 4.74 Å².